The van der Waals surface area contributed by atoms with Gasteiger partial charge in [0.1, 0.15) is 17.1 Å². The van der Waals surface area contributed by atoms with Crippen LogP contribution >= 0.6 is 0 Å². The van der Waals surface area contributed by atoms with Gasteiger partial charge in [-0.3, -0.25) is 0 Å². The van der Waals surface area contributed by atoms with Crippen molar-refractivity contribution in [1.29, 1.82) is 0 Å². The summed E-state index contributed by atoms with van der Waals surface area (Å²) in [5.41, 5.74) is 0.121. The number of hydrogen-bond acceptors (Lipinski definition) is 3. The summed E-state index contributed by atoms with van der Waals surface area (Å²) in [5.74, 6) is -0.275. The number of carbonyl (C=O) groups excluding carboxylic acids is 1. The van der Waals surface area contributed by atoms with E-state index in [4.69, 9.17) is 9.52 Å². The maximum Gasteiger partial charge on any atom is 0.339 e. The molecule has 0 aliphatic heterocycles. The number of hydrogen-bond donors (Lipinski definition) is 3. The molecule has 3 N–H and O–H groups in total. The van der Waals surface area contributed by atoms with Gasteiger partial charge >= 0.3 is 12.0 Å². The molecule has 0 radical (unpaired) electrons. The van der Waals surface area contributed by atoms with Crippen molar-refractivity contribution in [1.82, 2.24) is 10.6 Å². The summed E-state index contributed by atoms with van der Waals surface area (Å²) in [6, 6.07) is 1.12. The molecule has 0 unspecified atom stereocenters. The van der Waals surface area contributed by atoms with Gasteiger partial charge in [0.2, 0.25) is 0 Å². The first kappa shape index (κ1) is 13.1. The highest BCUT2D eigenvalue weighted by molar-refractivity contribution is 5.88. The van der Waals surface area contributed by atoms with E-state index in [2.05, 4.69) is 10.6 Å². The van der Waals surface area contributed by atoms with Crippen LogP contribution in [0, 0.1) is 6.92 Å². The number of furan rings is 1. The number of carboxylic acids is 1. The lowest BCUT2D eigenvalue weighted by molar-refractivity contribution is 0.0695. The summed E-state index contributed by atoms with van der Waals surface area (Å²) in [7, 11) is 0. The molecule has 94 valence electrons. The summed E-state index contributed by atoms with van der Waals surface area (Å²) < 4.78 is 5.21. The smallest absolute Gasteiger partial charge is 0.339 e. The zero-order valence-corrected chi connectivity index (χ0v) is 9.87. The summed E-state index contributed by atoms with van der Waals surface area (Å²) >= 11 is 0. The molecule has 1 aromatic heterocycles. The van der Waals surface area contributed by atoms with Gasteiger partial charge in [-0.1, -0.05) is 6.92 Å². The van der Waals surface area contributed by atoms with Crippen LogP contribution in [0.3, 0.4) is 0 Å². The number of aryl methyl sites for hydroxylation is 1. The summed E-state index contributed by atoms with van der Waals surface area (Å²) in [6.45, 7) is 4.30. The molecule has 2 amide bonds. The Morgan fingerprint density at radius 2 is 2.12 bits per heavy atom. The molecule has 0 atom stereocenters. The second-order valence-corrected chi connectivity index (χ2v) is 3.60. The first-order chi connectivity index (χ1) is 8.04. The summed E-state index contributed by atoms with van der Waals surface area (Å²) in [4.78, 5) is 22.0. The summed E-state index contributed by atoms with van der Waals surface area (Å²) in [5, 5.41) is 14.0. The second kappa shape index (κ2) is 5.93. The third-order valence-electron chi connectivity index (χ3n) is 2.16. The molecule has 0 saturated heterocycles. The molecule has 0 aromatic carbocycles. The van der Waals surface area contributed by atoms with Crippen molar-refractivity contribution in [3.05, 3.63) is 23.2 Å². The van der Waals surface area contributed by atoms with E-state index in [1.165, 1.54) is 6.07 Å². The normalized spacial score (nSPS) is 10.0. The van der Waals surface area contributed by atoms with E-state index >= 15 is 0 Å². The molecule has 6 nitrogen and oxygen atoms in total. The van der Waals surface area contributed by atoms with Crippen molar-refractivity contribution in [3.63, 3.8) is 0 Å². The predicted octanol–water partition coefficient (Wildman–Crippen LogP) is 1.50. The lowest BCUT2D eigenvalue weighted by Crippen LogP contribution is -2.35. The highest BCUT2D eigenvalue weighted by Gasteiger charge is 2.13. The molecule has 0 bridgehead atoms. The number of rotatable bonds is 5. The maximum absolute atomic E-state index is 11.2. The Bertz CT molecular complexity index is 412. The highest BCUT2D eigenvalue weighted by Crippen LogP contribution is 2.14. The quantitative estimate of drug-likeness (QED) is 0.727. The van der Waals surface area contributed by atoms with Crippen molar-refractivity contribution in [2.24, 2.45) is 0 Å². The molecular formula is C11H16N2O4. The predicted molar refractivity (Wildman–Crippen MR) is 60.9 cm³/mol. The average molecular weight is 240 g/mol. The largest absolute Gasteiger partial charge is 0.478 e. The van der Waals surface area contributed by atoms with Crippen molar-refractivity contribution in [2.75, 3.05) is 6.54 Å². The van der Waals surface area contributed by atoms with E-state index in [0.717, 1.165) is 6.42 Å². The topological polar surface area (TPSA) is 91.6 Å². The fourth-order valence-corrected chi connectivity index (χ4v) is 1.31. The van der Waals surface area contributed by atoms with Gasteiger partial charge in [-0.2, -0.15) is 0 Å². The first-order valence-corrected chi connectivity index (χ1v) is 5.39. The van der Waals surface area contributed by atoms with Crippen molar-refractivity contribution in [2.45, 2.75) is 26.8 Å². The van der Waals surface area contributed by atoms with E-state index < -0.39 is 5.97 Å². The Balaban J connectivity index is 2.50. The number of amides is 2. The zero-order valence-electron chi connectivity index (χ0n) is 9.87. The number of carboxylic acid groups (broad SMARTS) is 1. The van der Waals surface area contributed by atoms with Gasteiger partial charge in [0.25, 0.3) is 0 Å². The van der Waals surface area contributed by atoms with Crippen molar-refractivity contribution in [3.8, 4) is 0 Å². The van der Waals surface area contributed by atoms with E-state index in [1.807, 2.05) is 6.92 Å². The Morgan fingerprint density at radius 1 is 1.41 bits per heavy atom. The summed E-state index contributed by atoms with van der Waals surface area (Å²) in [6.07, 6.45) is 0.858. The molecule has 0 spiro atoms. The first-order valence-electron chi connectivity index (χ1n) is 5.39. The lowest BCUT2D eigenvalue weighted by Gasteiger charge is -2.04. The molecule has 6 heteroatoms. The molecule has 0 aliphatic carbocycles. The molecule has 17 heavy (non-hydrogen) atoms. The minimum absolute atomic E-state index is 0.121. The number of urea groups is 1. The van der Waals surface area contributed by atoms with Gasteiger partial charge in [0.15, 0.2) is 0 Å². The van der Waals surface area contributed by atoms with Crippen LogP contribution < -0.4 is 10.6 Å². The Morgan fingerprint density at radius 3 is 2.65 bits per heavy atom. The van der Waals surface area contributed by atoms with E-state index in [9.17, 15) is 9.59 Å². The minimum atomic E-state index is -1.03. The van der Waals surface area contributed by atoms with Crippen LogP contribution in [0.15, 0.2) is 10.5 Å². The monoisotopic (exact) mass is 240 g/mol. The Labute approximate surface area is 99.0 Å². The van der Waals surface area contributed by atoms with Crippen molar-refractivity contribution < 1.29 is 19.1 Å². The van der Waals surface area contributed by atoms with Gasteiger partial charge in [0, 0.05) is 6.54 Å². The zero-order chi connectivity index (χ0) is 12.8. The van der Waals surface area contributed by atoms with Crippen LogP contribution in [-0.2, 0) is 6.54 Å². The lowest BCUT2D eigenvalue weighted by atomic mass is 10.2. The standard InChI is InChI=1S/C11H16N2O4/c1-3-4-12-11(16)13-6-8-5-9(10(14)15)7(2)17-8/h5H,3-4,6H2,1-2H3,(H,14,15)(H2,12,13,16). The van der Waals surface area contributed by atoms with Crippen LogP contribution in [0.25, 0.3) is 0 Å². The number of carbonyl (C=O) groups is 2. The molecule has 0 saturated carbocycles. The van der Waals surface area contributed by atoms with E-state index in [0.29, 0.717) is 18.1 Å². The van der Waals surface area contributed by atoms with Crippen LogP contribution in [0.5, 0.6) is 0 Å². The Hall–Kier alpha value is -1.98. The maximum atomic E-state index is 11.2. The van der Waals surface area contributed by atoms with E-state index in [-0.39, 0.29) is 18.1 Å². The highest BCUT2D eigenvalue weighted by atomic mass is 16.4. The van der Waals surface area contributed by atoms with Crippen LogP contribution in [-0.4, -0.2) is 23.7 Å². The SMILES string of the molecule is CCCNC(=O)NCc1cc(C(=O)O)c(C)o1. The number of nitrogens with one attached hydrogen (secondary N) is 2. The molecule has 1 aromatic rings. The minimum Gasteiger partial charge on any atom is -0.478 e. The van der Waals surface area contributed by atoms with Gasteiger partial charge in [-0.05, 0) is 19.4 Å². The van der Waals surface area contributed by atoms with Gasteiger partial charge in [-0.15, -0.1) is 0 Å². The fourth-order valence-electron chi connectivity index (χ4n) is 1.31. The van der Waals surface area contributed by atoms with Crippen LogP contribution in [0.1, 0.15) is 35.2 Å². The fraction of sp³-hybridized carbons (Fsp3) is 0.455. The third kappa shape index (κ3) is 3.82. The van der Waals surface area contributed by atoms with Gasteiger partial charge in [0.05, 0.1) is 6.54 Å². The molecule has 0 aliphatic rings. The van der Waals surface area contributed by atoms with Crippen LogP contribution in [0.2, 0.25) is 0 Å². The number of aromatic carboxylic acids is 1. The second-order valence-electron chi connectivity index (χ2n) is 3.60. The van der Waals surface area contributed by atoms with Crippen LogP contribution in [0.4, 0.5) is 4.79 Å². The Kier molecular flexibility index (Phi) is 4.56. The molecule has 1 rings (SSSR count). The van der Waals surface area contributed by atoms with Gasteiger partial charge in [-0.25, -0.2) is 9.59 Å². The molecule has 1 heterocycles. The van der Waals surface area contributed by atoms with Gasteiger partial charge < -0.3 is 20.2 Å². The van der Waals surface area contributed by atoms with Crippen molar-refractivity contribution >= 4 is 12.0 Å². The molecular weight excluding hydrogens is 224 g/mol. The average Bonchev–Trinajstić information content (AvgIpc) is 2.65. The van der Waals surface area contributed by atoms with E-state index in [1.54, 1.807) is 6.92 Å². The molecule has 0 fully saturated rings. The third-order valence-corrected chi connectivity index (χ3v) is 2.16.